The highest BCUT2D eigenvalue weighted by Crippen LogP contribution is 2.28. The lowest BCUT2D eigenvalue weighted by molar-refractivity contribution is -0.0628. The number of halogens is 2. The minimum Gasteiger partial charge on any atom is -0.376 e. The molecule has 130 valence electrons. The summed E-state index contributed by atoms with van der Waals surface area (Å²) in [5.74, 6) is -1.26. The molecule has 0 radical (unpaired) electrons. The zero-order chi connectivity index (χ0) is 16.2. The number of nitrogens with zero attached hydrogens (tertiary/aromatic N) is 2. The van der Waals surface area contributed by atoms with E-state index < -0.39 is 5.92 Å². The van der Waals surface area contributed by atoms with E-state index in [9.17, 15) is 8.78 Å². The Morgan fingerprint density at radius 1 is 1.05 bits per heavy atom. The topological polar surface area (TPSA) is 15.7 Å². The first-order valence-corrected chi connectivity index (χ1v) is 8.78. The number of rotatable bonds is 6. The van der Waals surface area contributed by atoms with Crippen molar-refractivity contribution >= 4 is 0 Å². The molecule has 0 aromatic rings. The summed E-state index contributed by atoms with van der Waals surface area (Å²) in [6, 6.07) is 0. The Hall–Kier alpha value is -0.260. The minimum atomic E-state index is -2.44. The fourth-order valence-electron chi connectivity index (χ4n) is 3.63. The number of ether oxygens (including phenoxy) is 1. The second kappa shape index (κ2) is 8.02. The van der Waals surface area contributed by atoms with Gasteiger partial charge in [-0.1, -0.05) is 20.8 Å². The predicted molar refractivity (Wildman–Crippen MR) is 85.4 cm³/mol. The maximum Gasteiger partial charge on any atom is 0.250 e. The minimum absolute atomic E-state index is 0.0157. The largest absolute Gasteiger partial charge is 0.376 e. The lowest BCUT2D eigenvalue weighted by Gasteiger charge is -2.37. The van der Waals surface area contributed by atoms with Gasteiger partial charge in [-0.3, -0.25) is 4.90 Å². The van der Waals surface area contributed by atoms with E-state index in [2.05, 4.69) is 30.6 Å². The lowest BCUT2D eigenvalue weighted by atomic mass is 9.99. The number of hydrogen-bond donors (Lipinski definition) is 0. The molecule has 0 N–H and O–H groups in total. The van der Waals surface area contributed by atoms with E-state index in [-0.39, 0.29) is 12.8 Å². The van der Waals surface area contributed by atoms with Gasteiger partial charge in [0.05, 0.1) is 12.7 Å². The molecule has 2 heterocycles. The Kier molecular flexibility index (Phi) is 6.59. The molecule has 0 amide bonds. The maximum atomic E-state index is 13.2. The SMILES string of the molecule is CC(C)CN1CCOC(CC(C)CN2CCC(F)(F)CC2)C1. The van der Waals surface area contributed by atoms with Gasteiger partial charge in [-0.05, 0) is 18.3 Å². The molecule has 0 aromatic carbocycles. The van der Waals surface area contributed by atoms with Crippen LogP contribution in [0.4, 0.5) is 8.78 Å². The van der Waals surface area contributed by atoms with Gasteiger partial charge in [0.15, 0.2) is 0 Å². The molecule has 2 unspecified atom stereocenters. The van der Waals surface area contributed by atoms with Crippen LogP contribution in [0.5, 0.6) is 0 Å². The molecule has 2 fully saturated rings. The molecule has 0 saturated carbocycles. The van der Waals surface area contributed by atoms with Crippen molar-refractivity contribution in [1.29, 1.82) is 0 Å². The van der Waals surface area contributed by atoms with Crippen molar-refractivity contribution in [3.05, 3.63) is 0 Å². The van der Waals surface area contributed by atoms with Crippen LogP contribution in [0.15, 0.2) is 0 Å². The Morgan fingerprint density at radius 2 is 1.73 bits per heavy atom. The van der Waals surface area contributed by atoms with Gasteiger partial charge in [0.1, 0.15) is 0 Å². The highest BCUT2D eigenvalue weighted by molar-refractivity contribution is 4.80. The van der Waals surface area contributed by atoms with Crippen LogP contribution in [0, 0.1) is 11.8 Å². The van der Waals surface area contributed by atoms with Crippen molar-refractivity contribution in [2.24, 2.45) is 11.8 Å². The summed E-state index contributed by atoms with van der Waals surface area (Å²) in [7, 11) is 0. The van der Waals surface area contributed by atoms with Crippen molar-refractivity contribution in [3.63, 3.8) is 0 Å². The lowest BCUT2D eigenvalue weighted by Crippen LogP contribution is -2.45. The highest BCUT2D eigenvalue weighted by atomic mass is 19.3. The molecule has 0 spiro atoms. The Balaban J connectivity index is 1.69. The van der Waals surface area contributed by atoms with Crippen LogP contribution >= 0.6 is 0 Å². The van der Waals surface area contributed by atoms with Gasteiger partial charge < -0.3 is 9.64 Å². The molecular formula is C17H32F2N2O. The van der Waals surface area contributed by atoms with Gasteiger partial charge >= 0.3 is 0 Å². The average Bonchev–Trinajstić information content (AvgIpc) is 2.41. The summed E-state index contributed by atoms with van der Waals surface area (Å²) >= 11 is 0. The summed E-state index contributed by atoms with van der Waals surface area (Å²) in [5.41, 5.74) is 0. The van der Waals surface area contributed by atoms with Crippen molar-refractivity contribution in [3.8, 4) is 0 Å². The molecule has 22 heavy (non-hydrogen) atoms. The fraction of sp³-hybridized carbons (Fsp3) is 1.00. The number of morpholine rings is 1. The van der Waals surface area contributed by atoms with Crippen LogP contribution in [0.25, 0.3) is 0 Å². The molecule has 3 nitrogen and oxygen atoms in total. The standard InChI is InChI=1S/C17H32F2N2O/c1-14(2)11-21-8-9-22-16(13-21)10-15(3)12-20-6-4-17(18,19)5-7-20/h14-16H,4-13H2,1-3H3. The van der Waals surface area contributed by atoms with Crippen LogP contribution in [0.2, 0.25) is 0 Å². The van der Waals surface area contributed by atoms with Crippen LogP contribution in [-0.2, 0) is 4.74 Å². The van der Waals surface area contributed by atoms with Gasteiger partial charge in [-0.15, -0.1) is 0 Å². The van der Waals surface area contributed by atoms with Crippen molar-refractivity contribution in [2.45, 2.75) is 52.1 Å². The second-order valence-electron chi connectivity index (χ2n) is 7.64. The van der Waals surface area contributed by atoms with Gasteiger partial charge in [0.2, 0.25) is 0 Å². The van der Waals surface area contributed by atoms with Crippen molar-refractivity contribution < 1.29 is 13.5 Å². The zero-order valence-electron chi connectivity index (χ0n) is 14.4. The monoisotopic (exact) mass is 318 g/mol. The third-order valence-corrected chi connectivity index (χ3v) is 4.67. The number of alkyl halides is 2. The molecular weight excluding hydrogens is 286 g/mol. The first-order valence-electron chi connectivity index (χ1n) is 8.78. The molecule has 0 bridgehead atoms. The first-order chi connectivity index (χ1) is 10.3. The number of likely N-dealkylation sites (tertiary alicyclic amines) is 1. The molecule has 5 heteroatoms. The molecule has 0 aromatic heterocycles. The third-order valence-electron chi connectivity index (χ3n) is 4.67. The molecule has 2 saturated heterocycles. The van der Waals surface area contributed by atoms with E-state index in [0.717, 1.165) is 39.2 Å². The Bertz CT molecular complexity index is 329. The molecule has 2 atom stereocenters. The van der Waals surface area contributed by atoms with Crippen LogP contribution in [0.3, 0.4) is 0 Å². The van der Waals surface area contributed by atoms with Gasteiger partial charge in [-0.25, -0.2) is 8.78 Å². The Labute approximate surface area is 134 Å². The molecule has 2 rings (SSSR count). The summed E-state index contributed by atoms with van der Waals surface area (Å²) in [6.45, 7) is 12.7. The molecule has 0 aliphatic carbocycles. The second-order valence-corrected chi connectivity index (χ2v) is 7.64. The number of piperidine rings is 1. The number of hydrogen-bond acceptors (Lipinski definition) is 3. The van der Waals surface area contributed by atoms with Gasteiger partial charge in [-0.2, -0.15) is 0 Å². The van der Waals surface area contributed by atoms with Gasteiger partial charge in [0.25, 0.3) is 5.92 Å². The summed E-state index contributed by atoms with van der Waals surface area (Å²) < 4.78 is 32.3. The Morgan fingerprint density at radius 3 is 2.36 bits per heavy atom. The van der Waals surface area contributed by atoms with E-state index in [1.807, 2.05) is 0 Å². The first kappa shape index (κ1) is 18.1. The summed E-state index contributed by atoms with van der Waals surface area (Å²) in [4.78, 5) is 4.68. The van der Waals surface area contributed by atoms with Crippen molar-refractivity contribution in [2.75, 3.05) is 45.9 Å². The third kappa shape index (κ3) is 6.09. The van der Waals surface area contributed by atoms with E-state index in [0.29, 0.717) is 31.0 Å². The maximum absolute atomic E-state index is 13.2. The zero-order valence-corrected chi connectivity index (χ0v) is 14.4. The average molecular weight is 318 g/mol. The highest BCUT2D eigenvalue weighted by Gasteiger charge is 2.34. The van der Waals surface area contributed by atoms with Crippen LogP contribution in [0.1, 0.15) is 40.0 Å². The van der Waals surface area contributed by atoms with E-state index in [1.54, 1.807) is 0 Å². The summed E-state index contributed by atoms with van der Waals surface area (Å²) in [5, 5.41) is 0. The summed E-state index contributed by atoms with van der Waals surface area (Å²) in [6.07, 6.45) is 1.36. The van der Waals surface area contributed by atoms with Crippen LogP contribution in [-0.4, -0.2) is 67.7 Å². The van der Waals surface area contributed by atoms with Crippen LogP contribution < -0.4 is 0 Å². The predicted octanol–water partition coefficient (Wildman–Crippen LogP) is 3.10. The quantitative estimate of drug-likeness (QED) is 0.748. The smallest absolute Gasteiger partial charge is 0.250 e. The van der Waals surface area contributed by atoms with E-state index >= 15 is 0 Å². The normalized spacial score (nSPS) is 28.9. The molecule has 2 aliphatic rings. The fourth-order valence-corrected chi connectivity index (χ4v) is 3.63. The van der Waals surface area contributed by atoms with Crippen molar-refractivity contribution in [1.82, 2.24) is 9.80 Å². The molecule has 2 aliphatic heterocycles. The van der Waals surface area contributed by atoms with Gasteiger partial charge in [0, 0.05) is 52.1 Å². The van der Waals surface area contributed by atoms with E-state index in [4.69, 9.17) is 4.74 Å². The van der Waals surface area contributed by atoms with E-state index in [1.165, 1.54) is 0 Å².